The largest absolute Gasteiger partial charge is 0.493 e. The highest BCUT2D eigenvalue weighted by Gasteiger charge is 2.12. The van der Waals surface area contributed by atoms with E-state index < -0.39 is 0 Å². The molecule has 0 aliphatic heterocycles. The van der Waals surface area contributed by atoms with E-state index in [-0.39, 0.29) is 6.04 Å². The third-order valence-electron chi connectivity index (χ3n) is 5.38. The van der Waals surface area contributed by atoms with E-state index in [4.69, 9.17) is 21.7 Å². The molecule has 0 heterocycles. The Hall–Kier alpha value is -2.27. The lowest BCUT2D eigenvalue weighted by Gasteiger charge is -2.21. The highest BCUT2D eigenvalue weighted by Crippen LogP contribution is 2.27. The van der Waals surface area contributed by atoms with Crippen molar-refractivity contribution in [3.63, 3.8) is 0 Å². The molecule has 4 nitrogen and oxygen atoms in total. The van der Waals surface area contributed by atoms with E-state index >= 15 is 0 Å². The van der Waals surface area contributed by atoms with Gasteiger partial charge in [-0.15, -0.1) is 0 Å². The van der Waals surface area contributed by atoms with Crippen molar-refractivity contribution in [3.8, 4) is 11.5 Å². The maximum atomic E-state index is 5.52. The van der Waals surface area contributed by atoms with Crippen molar-refractivity contribution in [2.24, 2.45) is 0 Å². The first-order valence-electron chi connectivity index (χ1n) is 10.4. The van der Waals surface area contributed by atoms with E-state index in [9.17, 15) is 0 Å². The number of methoxy groups -OCH3 is 2. The number of benzene rings is 2. The standard InChI is InChI=1S/C24H34N2O2S/c1-6-17(3)19-9-11-20(12-10-19)21(7-2)26-24(29)25-15-14-18-8-13-22(27-4)23(16-18)28-5/h8-13,16-17,21H,6-7,14-15H2,1-5H3,(H2,25,26,29). The highest BCUT2D eigenvalue weighted by molar-refractivity contribution is 7.80. The normalized spacial score (nSPS) is 12.7. The molecule has 0 aliphatic rings. The van der Waals surface area contributed by atoms with Gasteiger partial charge in [-0.1, -0.05) is 51.1 Å². The Kier molecular flexibility index (Phi) is 9.26. The summed E-state index contributed by atoms with van der Waals surface area (Å²) in [5, 5.41) is 7.45. The van der Waals surface area contributed by atoms with Crippen molar-refractivity contribution in [1.82, 2.24) is 10.6 Å². The lowest BCUT2D eigenvalue weighted by molar-refractivity contribution is 0.354. The van der Waals surface area contributed by atoms with Crippen LogP contribution in [0.15, 0.2) is 42.5 Å². The van der Waals surface area contributed by atoms with Gasteiger partial charge in [0.25, 0.3) is 0 Å². The number of thiocarbonyl (C=S) groups is 1. The van der Waals surface area contributed by atoms with Crippen LogP contribution in [-0.4, -0.2) is 25.9 Å². The monoisotopic (exact) mass is 414 g/mol. The number of rotatable bonds is 10. The molecule has 0 aliphatic carbocycles. The molecule has 2 N–H and O–H groups in total. The number of nitrogens with one attached hydrogen (secondary N) is 2. The molecule has 2 aromatic carbocycles. The molecule has 29 heavy (non-hydrogen) atoms. The van der Waals surface area contributed by atoms with E-state index in [0.717, 1.165) is 37.3 Å². The third-order valence-corrected chi connectivity index (χ3v) is 5.64. The summed E-state index contributed by atoms with van der Waals surface area (Å²) in [5.74, 6) is 2.08. The van der Waals surface area contributed by atoms with Gasteiger partial charge in [-0.05, 0) is 66.2 Å². The summed E-state index contributed by atoms with van der Waals surface area (Å²) in [4.78, 5) is 0. The van der Waals surface area contributed by atoms with Crippen LogP contribution < -0.4 is 20.1 Å². The maximum Gasteiger partial charge on any atom is 0.166 e. The van der Waals surface area contributed by atoms with Crippen LogP contribution in [0.2, 0.25) is 0 Å². The molecule has 0 radical (unpaired) electrons. The fourth-order valence-electron chi connectivity index (χ4n) is 3.28. The van der Waals surface area contributed by atoms with Crippen LogP contribution in [0.3, 0.4) is 0 Å². The van der Waals surface area contributed by atoms with Gasteiger partial charge in [-0.3, -0.25) is 0 Å². The predicted molar refractivity (Wildman–Crippen MR) is 125 cm³/mol. The van der Waals surface area contributed by atoms with Crippen molar-refractivity contribution in [1.29, 1.82) is 0 Å². The summed E-state index contributed by atoms with van der Waals surface area (Å²) in [6, 6.07) is 15.1. The smallest absolute Gasteiger partial charge is 0.166 e. The van der Waals surface area contributed by atoms with Crippen molar-refractivity contribution in [3.05, 3.63) is 59.2 Å². The first-order chi connectivity index (χ1) is 14.0. The fourth-order valence-corrected chi connectivity index (χ4v) is 3.52. The molecule has 0 amide bonds. The average molecular weight is 415 g/mol. The van der Waals surface area contributed by atoms with Crippen LogP contribution in [-0.2, 0) is 6.42 Å². The molecule has 0 spiro atoms. The predicted octanol–water partition coefficient (Wildman–Crippen LogP) is 5.38. The molecule has 0 saturated carbocycles. The van der Waals surface area contributed by atoms with Gasteiger partial charge in [0, 0.05) is 6.54 Å². The zero-order valence-electron chi connectivity index (χ0n) is 18.2. The quantitative estimate of drug-likeness (QED) is 0.511. The van der Waals surface area contributed by atoms with Crippen molar-refractivity contribution in [2.75, 3.05) is 20.8 Å². The fraction of sp³-hybridized carbons (Fsp3) is 0.458. The second-order valence-electron chi connectivity index (χ2n) is 7.28. The zero-order valence-corrected chi connectivity index (χ0v) is 19.1. The van der Waals surface area contributed by atoms with Crippen molar-refractivity contribution < 1.29 is 9.47 Å². The molecule has 0 fully saturated rings. The zero-order chi connectivity index (χ0) is 21.2. The van der Waals surface area contributed by atoms with Gasteiger partial charge in [0.2, 0.25) is 0 Å². The molecular weight excluding hydrogens is 380 g/mol. The molecule has 0 bridgehead atoms. The van der Waals surface area contributed by atoms with Crippen LogP contribution in [0.1, 0.15) is 62.3 Å². The SMILES string of the molecule is CCC(C)c1ccc(C(CC)NC(=S)NCCc2ccc(OC)c(OC)c2)cc1. The minimum Gasteiger partial charge on any atom is -0.493 e. The van der Waals surface area contributed by atoms with Gasteiger partial charge in [-0.2, -0.15) is 0 Å². The van der Waals surface area contributed by atoms with Crippen LogP contribution in [0.4, 0.5) is 0 Å². The van der Waals surface area contributed by atoms with Gasteiger partial charge in [0.05, 0.1) is 20.3 Å². The molecule has 2 unspecified atom stereocenters. The van der Waals surface area contributed by atoms with Crippen LogP contribution >= 0.6 is 12.2 Å². The van der Waals surface area contributed by atoms with E-state index in [2.05, 4.69) is 55.7 Å². The Morgan fingerprint density at radius 3 is 2.17 bits per heavy atom. The van der Waals surface area contributed by atoms with Gasteiger partial charge < -0.3 is 20.1 Å². The minimum atomic E-state index is 0.210. The summed E-state index contributed by atoms with van der Waals surface area (Å²) < 4.78 is 10.7. The van der Waals surface area contributed by atoms with Gasteiger partial charge in [0.1, 0.15) is 0 Å². The van der Waals surface area contributed by atoms with Gasteiger partial charge in [-0.25, -0.2) is 0 Å². The van der Waals surface area contributed by atoms with Gasteiger partial charge in [0.15, 0.2) is 16.6 Å². The van der Waals surface area contributed by atoms with Crippen molar-refractivity contribution in [2.45, 2.75) is 52.0 Å². The lowest BCUT2D eigenvalue weighted by atomic mass is 9.95. The molecule has 2 rings (SSSR count). The Morgan fingerprint density at radius 2 is 1.59 bits per heavy atom. The Labute approximate surface area is 181 Å². The van der Waals surface area contributed by atoms with Crippen LogP contribution in [0, 0.1) is 0 Å². The molecule has 5 heteroatoms. The van der Waals surface area contributed by atoms with E-state index in [1.54, 1.807) is 14.2 Å². The Bertz CT molecular complexity index is 777. The molecule has 2 atom stereocenters. The van der Waals surface area contributed by atoms with Crippen molar-refractivity contribution >= 4 is 17.3 Å². The molecule has 2 aromatic rings. The second kappa shape index (κ2) is 11.7. The molecule has 0 saturated heterocycles. The number of ether oxygens (including phenoxy) is 2. The Balaban J connectivity index is 1.87. The first-order valence-corrected chi connectivity index (χ1v) is 10.8. The summed E-state index contributed by atoms with van der Waals surface area (Å²) in [7, 11) is 3.30. The van der Waals surface area contributed by atoms with E-state index in [1.165, 1.54) is 16.7 Å². The lowest BCUT2D eigenvalue weighted by Crippen LogP contribution is -2.38. The number of hydrogen-bond donors (Lipinski definition) is 2. The topological polar surface area (TPSA) is 42.5 Å². The highest BCUT2D eigenvalue weighted by atomic mass is 32.1. The second-order valence-corrected chi connectivity index (χ2v) is 7.68. The molecule has 158 valence electrons. The molecular formula is C24H34N2O2S. The van der Waals surface area contributed by atoms with E-state index in [0.29, 0.717) is 11.0 Å². The maximum absolute atomic E-state index is 5.52. The third kappa shape index (κ3) is 6.64. The summed E-state index contributed by atoms with van der Waals surface area (Å²) in [5.41, 5.74) is 3.83. The Morgan fingerprint density at radius 1 is 0.931 bits per heavy atom. The van der Waals surface area contributed by atoms with Gasteiger partial charge >= 0.3 is 0 Å². The number of hydrogen-bond acceptors (Lipinski definition) is 3. The summed E-state index contributed by atoms with van der Waals surface area (Å²) in [6.07, 6.45) is 2.98. The summed E-state index contributed by atoms with van der Waals surface area (Å²) >= 11 is 5.52. The molecule has 0 aromatic heterocycles. The summed E-state index contributed by atoms with van der Waals surface area (Å²) in [6.45, 7) is 7.42. The van der Waals surface area contributed by atoms with Crippen LogP contribution in [0.5, 0.6) is 11.5 Å². The average Bonchev–Trinajstić information content (AvgIpc) is 2.76. The van der Waals surface area contributed by atoms with Crippen LogP contribution in [0.25, 0.3) is 0 Å². The van der Waals surface area contributed by atoms with E-state index in [1.807, 2.05) is 18.2 Å². The first kappa shape index (κ1) is 23.0. The minimum absolute atomic E-state index is 0.210.